The fourth-order valence-electron chi connectivity index (χ4n) is 2.47. The van der Waals surface area contributed by atoms with Crippen molar-refractivity contribution in [2.24, 2.45) is 0 Å². The van der Waals surface area contributed by atoms with Crippen LogP contribution in [0.25, 0.3) is 0 Å². The van der Waals surface area contributed by atoms with Gasteiger partial charge in [0.05, 0.1) is 6.10 Å². The molecule has 1 rings (SSSR count). The van der Waals surface area contributed by atoms with Crippen molar-refractivity contribution in [3.05, 3.63) is 0 Å². The number of aliphatic hydroxyl groups excluding tert-OH is 1. The van der Waals surface area contributed by atoms with E-state index in [1.165, 1.54) is 4.90 Å². The maximum Gasteiger partial charge on any atom is 0.326 e. The van der Waals surface area contributed by atoms with Gasteiger partial charge in [-0.3, -0.25) is 0 Å². The lowest BCUT2D eigenvalue weighted by molar-refractivity contribution is -0.141. The van der Waals surface area contributed by atoms with Crippen LogP contribution in [0.15, 0.2) is 0 Å². The van der Waals surface area contributed by atoms with Gasteiger partial charge in [0, 0.05) is 24.3 Å². The molecule has 116 valence electrons. The van der Waals surface area contributed by atoms with Crippen molar-refractivity contribution in [3.8, 4) is 0 Å². The molecule has 0 spiro atoms. The topological polar surface area (TPSA) is 89.9 Å². The molecule has 0 aromatic rings. The van der Waals surface area contributed by atoms with Crippen LogP contribution in [0.2, 0.25) is 0 Å². The first kappa shape index (κ1) is 17.1. The Labute approximate surface area is 123 Å². The molecule has 0 unspecified atom stereocenters. The summed E-state index contributed by atoms with van der Waals surface area (Å²) < 4.78 is -0.0211. The molecule has 0 saturated carbocycles. The number of nitrogens with one attached hydrogen (secondary N) is 1. The van der Waals surface area contributed by atoms with Gasteiger partial charge in [0.2, 0.25) is 0 Å². The minimum absolute atomic E-state index is 0.0211. The van der Waals surface area contributed by atoms with E-state index >= 15 is 0 Å². The fourth-order valence-corrected chi connectivity index (χ4v) is 3.27. The number of urea groups is 1. The predicted octanol–water partition coefficient (Wildman–Crippen LogP) is 1.14. The fraction of sp³-hybridized carbons (Fsp3) is 0.846. The quantitative estimate of drug-likeness (QED) is 0.684. The average molecular weight is 304 g/mol. The van der Waals surface area contributed by atoms with Crippen LogP contribution in [0.1, 0.15) is 33.1 Å². The summed E-state index contributed by atoms with van der Waals surface area (Å²) >= 11 is 1.71. The minimum Gasteiger partial charge on any atom is -0.480 e. The second kappa shape index (κ2) is 7.17. The summed E-state index contributed by atoms with van der Waals surface area (Å²) in [6, 6.07) is -1.34. The summed E-state index contributed by atoms with van der Waals surface area (Å²) in [7, 11) is 0. The molecule has 1 saturated heterocycles. The number of rotatable bonds is 6. The molecule has 1 heterocycles. The molecule has 1 aliphatic heterocycles. The molecule has 1 fully saturated rings. The van der Waals surface area contributed by atoms with Crippen molar-refractivity contribution in [1.82, 2.24) is 10.2 Å². The molecule has 0 aliphatic carbocycles. The number of nitrogens with zero attached hydrogens (tertiary/aromatic N) is 1. The molecular weight excluding hydrogens is 280 g/mol. The Hall–Kier alpha value is -0.950. The number of carboxylic acids is 1. The monoisotopic (exact) mass is 304 g/mol. The van der Waals surface area contributed by atoms with Crippen LogP contribution in [-0.2, 0) is 4.79 Å². The zero-order chi connectivity index (χ0) is 15.3. The summed E-state index contributed by atoms with van der Waals surface area (Å²) in [5, 5.41) is 21.4. The first-order valence-electron chi connectivity index (χ1n) is 6.89. The van der Waals surface area contributed by atoms with Gasteiger partial charge < -0.3 is 20.4 Å². The van der Waals surface area contributed by atoms with Crippen molar-refractivity contribution < 1.29 is 19.8 Å². The summed E-state index contributed by atoms with van der Waals surface area (Å²) in [6.45, 7) is 4.73. The highest BCUT2D eigenvalue weighted by atomic mass is 32.2. The molecule has 6 nitrogen and oxygen atoms in total. The van der Waals surface area contributed by atoms with E-state index in [0.717, 1.165) is 12.8 Å². The molecule has 2 amide bonds. The van der Waals surface area contributed by atoms with Crippen molar-refractivity contribution in [1.29, 1.82) is 0 Å². The Bertz CT molecular complexity index is 352. The highest BCUT2D eigenvalue weighted by molar-refractivity contribution is 8.00. The van der Waals surface area contributed by atoms with Crippen molar-refractivity contribution in [3.63, 3.8) is 0 Å². The maximum absolute atomic E-state index is 12.1. The number of likely N-dealkylation sites (tertiary alicyclic amines) is 1. The summed E-state index contributed by atoms with van der Waals surface area (Å²) in [6.07, 6.45) is 3.20. The number of thioether (sulfide) groups is 1. The standard InChI is InChI=1S/C13H24N2O4S/c1-4-13(5-2,20-3)8-14-12(19)15-7-9(16)6-10(15)11(17)18/h9-10,16H,4-8H2,1-3H3,(H,14,19)(H,17,18)/t9-,10-/m1/s1. The number of carboxylic acid groups (broad SMARTS) is 1. The summed E-state index contributed by atoms with van der Waals surface area (Å²) in [5.41, 5.74) is 0. The molecule has 20 heavy (non-hydrogen) atoms. The molecule has 0 aromatic heterocycles. The number of hydrogen-bond donors (Lipinski definition) is 3. The number of hydrogen-bond acceptors (Lipinski definition) is 4. The number of aliphatic carboxylic acids is 1. The van der Waals surface area contributed by atoms with Crippen molar-refractivity contribution >= 4 is 23.8 Å². The Balaban J connectivity index is 2.64. The Morgan fingerprint density at radius 3 is 2.45 bits per heavy atom. The predicted molar refractivity (Wildman–Crippen MR) is 79.0 cm³/mol. The van der Waals surface area contributed by atoms with Crippen LogP contribution in [-0.4, -0.2) is 63.4 Å². The maximum atomic E-state index is 12.1. The van der Waals surface area contributed by atoms with Crippen molar-refractivity contribution in [2.45, 2.75) is 50.0 Å². The molecule has 3 N–H and O–H groups in total. The van der Waals surface area contributed by atoms with E-state index in [9.17, 15) is 14.7 Å². The Kier molecular flexibility index (Phi) is 6.13. The Morgan fingerprint density at radius 1 is 1.40 bits per heavy atom. The van der Waals surface area contributed by atoms with E-state index in [2.05, 4.69) is 19.2 Å². The minimum atomic E-state index is -1.07. The van der Waals surface area contributed by atoms with E-state index < -0.39 is 24.1 Å². The molecule has 0 bridgehead atoms. The zero-order valence-electron chi connectivity index (χ0n) is 12.3. The largest absolute Gasteiger partial charge is 0.480 e. The van der Waals surface area contributed by atoms with E-state index in [1.54, 1.807) is 11.8 Å². The average Bonchev–Trinajstić information content (AvgIpc) is 2.83. The third kappa shape index (κ3) is 3.79. The smallest absolute Gasteiger partial charge is 0.326 e. The first-order chi connectivity index (χ1) is 9.39. The van der Waals surface area contributed by atoms with Gasteiger partial charge >= 0.3 is 12.0 Å². The lowest BCUT2D eigenvalue weighted by Crippen LogP contribution is -2.49. The van der Waals surface area contributed by atoms with Crippen LogP contribution in [0, 0.1) is 0 Å². The Morgan fingerprint density at radius 2 is 2.00 bits per heavy atom. The second-order valence-electron chi connectivity index (χ2n) is 5.15. The van der Waals surface area contributed by atoms with Crippen LogP contribution in [0.3, 0.4) is 0 Å². The van der Waals surface area contributed by atoms with Gasteiger partial charge in [-0.2, -0.15) is 11.8 Å². The lowest BCUT2D eigenvalue weighted by atomic mass is 10.0. The molecule has 0 radical (unpaired) electrons. The number of amides is 2. The van der Waals surface area contributed by atoms with Crippen LogP contribution in [0.5, 0.6) is 0 Å². The van der Waals surface area contributed by atoms with Gasteiger partial charge in [0.15, 0.2) is 0 Å². The third-order valence-corrected chi connectivity index (χ3v) is 5.70. The van der Waals surface area contributed by atoms with E-state index in [0.29, 0.717) is 6.54 Å². The van der Waals surface area contributed by atoms with Gasteiger partial charge in [0.1, 0.15) is 6.04 Å². The van der Waals surface area contributed by atoms with Gasteiger partial charge in [-0.25, -0.2) is 9.59 Å². The van der Waals surface area contributed by atoms with E-state index in [4.69, 9.17) is 5.11 Å². The summed E-state index contributed by atoms with van der Waals surface area (Å²) in [4.78, 5) is 24.4. The van der Waals surface area contributed by atoms with Gasteiger partial charge in [-0.1, -0.05) is 13.8 Å². The highest BCUT2D eigenvalue weighted by Gasteiger charge is 2.39. The lowest BCUT2D eigenvalue weighted by Gasteiger charge is -2.31. The number of aliphatic hydroxyl groups is 1. The van der Waals surface area contributed by atoms with Gasteiger partial charge in [-0.15, -0.1) is 0 Å². The van der Waals surface area contributed by atoms with E-state index in [1.807, 2.05) is 6.26 Å². The first-order valence-corrected chi connectivity index (χ1v) is 8.12. The summed E-state index contributed by atoms with van der Waals surface area (Å²) in [5.74, 6) is -1.07. The third-order valence-electron chi connectivity index (χ3n) is 4.11. The van der Waals surface area contributed by atoms with Gasteiger partial charge in [-0.05, 0) is 19.1 Å². The van der Waals surface area contributed by atoms with Crippen LogP contribution < -0.4 is 5.32 Å². The SMILES string of the molecule is CCC(CC)(CNC(=O)N1C[C@H](O)C[C@@H]1C(=O)O)SC. The van der Waals surface area contributed by atoms with Crippen LogP contribution in [0.4, 0.5) is 4.79 Å². The normalized spacial score (nSPS) is 22.9. The molecule has 7 heteroatoms. The van der Waals surface area contributed by atoms with E-state index in [-0.39, 0.29) is 17.7 Å². The molecule has 2 atom stereocenters. The number of carbonyl (C=O) groups excluding carboxylic acids is 1. The number of carbonyl (C=O) groups is 2. The zero-order valence-corrected chi connectivity index (χ0v) is 13.1. The number of β-amino-alcohol motifs (C(OH)–C–C–N with tert-alkyl or cyclic N) is 1. The van der Waals surface area contributed by atoms with Crippen molar-refractivity contribution in [2.75, 3.05) is 19.3 Å². The molecule has 0 aromatic carbocycles. The van der Waals surface area contributed by atoms with Crippen LogP contribution >= 0.6 is 11.8 Å². The molecule has 1 aliphatic rings. The molecular formula is C13H24N2O4S. The second-order valence-corrected chi connectivity index (χ2v) is 6.42. The van der Waals surface area contributed by atoms with Gasteiger partial charge in [0.25, 0.3) is 0 Å². The highest BCUT2D eigenvalue weighted by Crippen LogP contribution is 2.29.